The van der Waals surface area contributed by atoms with E-state index in [1.165, 1.54) is 29.8 Å². The predicted octanol–water partition coefficient (Wildman–Crippen LogP) is 5.91. The third kappa shape index (κ3) is 7.08. The zero-order valence-corrected chi connectivity index (χ0v) is 22.0. The van der Waals surface area contributed by atoms with Crippen LogP contribution in [0.2, 0.25) is 5.02 Å². The van der Waals surface area contributed by atoms with Gasteiger partial charge in [0.1, 0.15) is 35.1 Å². The van der Waals surface area contributed by atoms with Gasteiger partial charge < -0.3 is 15.4 Å². The van der Waals surface area contributed by atoms with Crippen LogP contribution in [0.5, 0.6) is 5.75 Å². The number of nitrogens with one attached hydrogen (secondary N) is 2. The van der Waals surface area contributed by atoms with Gasteiger partial charge in [-0.2, -0.15) is 0 Å². The monoisotopic (exact) mass is 557 g/mol. The van der Waals surface area contributed by atoms with Crippen LogP contribution in [-0.2, 0) is 17.8 Å². The first-order valence-electron chi connectivity index (χ1n) is 11.9. The van der Waals surface area contributed by atoms with E-state index in [2.05, 4.69) is 37.4 Å². The van der Waals surface area contributed by atoms with Crippen molar-refractivity contribution in [2.45, 2.75) is 13.0 Å². The first-order valence-corrected chi connectivity index (χ1v) is 13.1. The van der Waals surface area contributed by atoms with Crippen LogP contribution in [0.4, 0.5) is 15.9 Å². The van der Waals surface area contributed by atoms with Crippen molar-refractivity contribution in [3.63, 3.8) is 0 Å². The molecule has 3 aromatic heterocycles. The van der Waals surface area contributed by atoms with Gasteiger partial charge in [-0.05, 0) is 54.1 Å². The molecule has 0 fully saturated rings. The van der Waals surface area contributed by atoms with Crippen LogP contribution in [0.3, 0.4) is 0 Å². The summed E-state index contributed by atoms with van der Waals surface area (Å²) in [7, 11) is 0. The van der Waals surface area contributed by atoms with Crippen LogP contribution >= 0.6 is 22.9 Å². The van der Waals surface area contributed by atoms with E-state index in [1.54, 1.807) is 36.5 Å². The molecule has 0 aliphatic heterocycles. The number of ether oxygens (including phenoxy) is 1. The van der Waals surface area contributed by atoms with Crippen molar-refractivity contribution in [1.29, 1.82) is 0 Å². The number of thiophene rings is 1. The molecule has 5 rings (SSSR count). The summed E-state index contributed by atoms with van der Waals surface area (Å²) in [5.74, 6) is 6.69. The Labute approximate surface area is 233 Å². The molecule has 0 aliphatic rings. The molecule has 0 aliphatic carbocycles. The third-order valence-corrected chi connectivity index (χ3v) is 6.71. The van der Waals surface area contributed by atoms with E-state index in [0.717, 1.165) is 15.1 Å². The first kappa shape index (κ1) is 26.1. The highest BCUT2D eigenvalue weighted by Gasteiger charge is 2.10. The second-order valence-electron chi connectivity index (χ2n) is 8.32. The van der Waals surface area contributed by atoms with Gasteiger partial charge in [-0.15, -0.1) is 11.3 Å². The molecule has 0 radical (unpaired) electrons. The molecule has 2 N–H and O–H groups in total. The number of amides is 1. The molecule has 194 valence electrons. The lowest BCUT2D eigenvalue weighted by molar-refractivity contribution is -0.120. The number of anilines is 2. The van der Waals surface area contributed by atoms with Gasteiger partial charge in [0.15, 0.2) is 0 Å². The Bertz CT molecular complexity index is 1680. The molecule has 1 amide bonds. The summed E-state index contributed by atoms with van der Waals surface area (Å²) < 4.78 is 19.1. The minimum Gasteiger partial charge on any atom is -0.487 e. The Morgan fingerprint density at radius 2 is 1.97 bits per heavy atom. The van der Waals surface area contributed by atoms with Crippen molar-refractivity contribution in [2.24, 2.45) is 0 Å². The molecular formula is C29H21ClFN5O2S. The second kappa shape index (κ2) is 12.3. The maximum Gasteiger partial charge on any atom is 0.226 e. The van der Waals surface area contributed by atoms with E-state index >= 15 is 0 Å². The number of benzene rings is 2. The van der Waals surface area contributed by atoms with Crippen molar-refractivity contribution < 1.29 is 13.9 Å². The lowest BCUT2D eigenvalue weighted by atomic mass is 10.2. The lowest BCUT2D eigenvalue weighted by Crippen LogP contribution is -2.25. The molecule has 0 saturated carbocycles. The van der Waals surface area contributed by atoms with Crippen LogP contribution in [-0.4, -0.2) is 27.4 Å². The van der Waals surface area contributed by atoms with Gasteiger partial charge >= 0.3 is 0 Å². The second-order valence-corrected chi connectivity index (χ2v) is 9.75. The van der Waals surface area contributed by atoms with Crippen LogP contribution in [0.1, 0.15) is 16.1 Å². The zero-order chi connectivity index (χ0) is 27.0. The molecule has 3 heterocycles. The van der Waals surface area contributed by atoms with Gasteiger partial charge in [0.2, 0.25) is 5.91 Å². The Morgan fingerprint density at radius 1 is 1.05 bits per heavy atom. The number of carbonyl (C=O) groups excluding carboxylic acids is 1. The maximum absolute atomic E-state index is 13.4. The van der Waals surface area contributed by atoms with E-state index in [-0.39, 0.29) is 31.3 Å². The standard InChI is InChI=1S/C29H21ClFN5O2S/c30-25-14-22(9-10-26(25)38-17-19-5-3-6-20(31)13-19)36-28-24-16-23(39-29(24)35-18-34-28)8-4-12-33-27(37)15-21-7-1-2-11-32-21/h1-3,5-7,9-11,13-14,16,18H,12,15,17H2,(H,33,37)(H,34,35,36). The third-order valence-electron chi connectivity index (χ3n) is 5.46. The zero-order valence-electron chi connectivity index (χ0n) is 20.4. The number of hydrogen-bond acceptors (Lipinski definition) is 7. The van der Waals surface area contributed by atoms with Crippen molar-refractivity contribution in [2.75, 3.05) is 11.9 Å². The first-order chi connectivity index (χ1) is 19.0. The lowest BCUT2D eigenvalue weighted by Gasteiger charge is -2.11. The number of pyridine rings is 1. The SMILES string of the molecule is O=C(Cc1ccccn1)NCC#Cc1cc2c(Nc3ccc(OCc4cccc(F)c4)c(Cl)c3)ncnc2s1. The normalized spacial score (nSPS) is 10.5. The van der Waals surface area contributed by atoms with Crippen molar-refractivity contribution >= 4 is 50.6 Å². The fourth-order valence-electron chi connectivity index (χ4n) is 3.64. The van der Waals surface area contributed by atoms with Crippen LogP contribution < -0.4 is 15.4 Å². The van der Waals surface area contributed by atoms with E-state index < -0.39 is 0 Å². The van der Waals surface area contributed by atoms with Gasteiger partial charge in [0.25, 0.3) is 0 Å². The summed E-state index contributed by atoms with van der Waals surface area (Å²) in [6.45, 7) is 0.423. The number of carbonyl (C=O) groups is 1. The molecule has 5 aromatic rings. The summed E-state index contributed by atoms with van der Waals surface area (Å²) in [5, 5.41) is 7.27. The fraction of sp³-hybridized carbons (Fsp3) is 0.103. The van der Waals surface area contributed by atoms with Crippen LogP contribution in [0.25, 0.3) is 10.2 Å². The smallest absolute Gasteiger partial charge is 0.226 e. The van der Waals surface area contributed by atoms with Crippen LogP contribution in [0, 0.1) is 17.7 Å². The van der Waals surface area contributed by atoms with Gasteiger partial charge in [0, 0.05) is 17.6 Å². The highest BCUT2D eigenvalue weighted by atomic mass is 35.5. The van der Waals surface area contributed by atoms with E-state index in [9.17, 15) is 9.18 Å². The average Bonchev–Trinajstić information content (AvgIpc) is 3.35. The largest absolute Gasteiger partial charge is 0.487 e. The molecule has 7 nitrogen and oxygen atoms in total. The highest BCUT2D eigenvalue weighted by Crippen LogP contribution is 2.33. The average molecular weight is 558 g/mol. The molecule has 0 spiro atoms. The molecule has 0 unspecified atom stereocenters. The molecular weight excluding hydrogens is 537 g/mol. The number of halogens is 2. The molecule has 0 atom stereocenters. The van der Waals surface area contributed by atoms with E-state index in [1.807, 2.05) is 24.3 Å². The van der Waals surface area contributed by atoms with Gasteiger partial charge in [-0.3, -0.25) is 9.78 Å². The summed E-state index contributed by atoms with van der Waals surface area (Å²) in [6.07, 6.45) is 3.35. The van der Waals surface area contributed by atoms with Crippen molar-refractivity contribution in [3.05, 3.63) is 106 Å². The molecule has 39 heavy (non-hydrogen) atoms. The molecule has 0 saturated heterocycles. The molecule has 2 aromatic carbocycles. The topological polar surface area (TPSA) is 89.0 Å². The minimum atomic E-state index is -0.316. The molecule has 0 bridgehead atoms. The summed E-state index contributed by atoms with van der Waals surface area (Å²) in [5.41, 5.74) is 2.13. The maximum atomic E-state index is 13.4. The van der Waals surface area contributed by atoms with E-state index in [4.69, 9.17) is 16.3 Å². The summed E-state index contributed by atoms with van der Waals surface area (Å²) in [6, 6.07) is 18.9. The quantitative estimate of drug-likeness (QED) is 0.231. The minimum absolute atomic E-state index is 0.138. The summed E-state index contributed by atoms with van der Waals surface area (Å²) >= 11 is 7.87. The number of nitrogens with zero attached hydrogens (tertiary/aromatic N) is 3. The number of fused-ring (bicyclic) bond motifs is 1. The summed E-state index contributed by atoms with van der Waals surface area (Å²) in [4.78, 5) is 26.5. The highest BCUT2D eigenvalue weighted by molar-refractivity contribution is 7.19. The van der Waals surface area contributed by atoms with Crippen LogP contribution in [0.15, 0.2) is 79.3 Å². The Hall–Kier alpha value is -4.52. The van der Waals surface area contributed by atoms with Crippen molar-refractivity contribution in [1.82, 2.24) is 20.3 Å². The Balaban J connectivity index is 1.21. The Kier molecular flexibility index (Phi) is 8.26. The Morgan fingerprint density at radius 3 is 2.79 bits per heavy atom. The molecule has 10 heteroatoms. The van der Waals surface area contributed by atoms with Gasteiger partial charge in [-0.1, -0.05) is 41.6 Å². The van der Waals surface area contributed by atoms with Crippen molar-refractivity contribution in [3.8, 4) is 17.6 Å². The number of rotatable bonds is 8. The van der Waals surface area contributed by atoms with Gasteiger partial charge in [0.05, 0.1) is 28.3 Å². The fourth-order valence-corrected chi connectivity index (χ4v) is 4.75. The van der Waals surface area contributed by atoms with E-state index in [0.29, 0.717) is 33.5 Å². The van der Waals surface area contributed by atoms with Gasteiger partial charge in [-0.25, -0.2) is 14.4 Å². The predicted molar refractivity (Wildman–Crippen MR) is 151 cm³/mol. The number of aromatic nitrogens is 3. The number of hydrogen-bond donors (Lipinski definition) is 2.